The van der Waals surface area contributed by atoms with E-state index in [0.29, 0.717) is 66.5 Å². The van der Waals surface area contributed by atoms with Crippen molar-refractivity contribution < 1.29 is 4.39 Å². The van der Waals surface area contributed by atoms with E-state index in [4.69, 9.17) is 28.8 Å². The van der Waals surface area contributed by atoms with Gasteiger partial charge in [-0.25, -0.2) is 19.3 Å². The monoisotopic (exact) mass is 777 g/mol. The number of aryl methyl sites for hydroxylation is 1. The fraction of sp³-hybridized carbons (Fsp3) is 0.0233. The molecule has 0 radical (unpaired) electrons. The van der Waals surface area contributed by atoms with Crippen molar-refractivity contribution in [2.45, 2.75) is 6.92 Å². The van der Waals surface area contributed by atoms with Crippen molar-refractivity contribution in [2.75, 3.05) is 17.2 Å². The lowest BCUT2D eigenvalue weighted by Gasteiger charge is -2.06. The van der Waals surface area contributed by atoms with Crippen LogP contribution in [-0.4, -0.2) is 29.9 Å². The van der Waals surface area contributed by atoms with Gasteiger partial charge in [-0.2, -0.15) is 0 Å². The normalized spacial score (nSPS) is 10.8. The van der Waals surface area contributed by atoms with Gasteiger partial charge in [0.1, 0.15) is 22.9 Å². The lowest BCUT2D eigenvalue weighted by Crippen LogP contribution is -2.12. The standard InChI is InChI=1S/C15H13N3O.C14H10ClN3O.C14H10FN3O/c1-9-6-7-11(16)10(8-9)14-15(19)18-13-5-3-2-4-12(13)17-14;2*15-8-5-6-10(16)9(7-8)13-14(19)18-12-4-2-1-3-11(12)17-13/h2-8H,16H2,1H3,(H,18,19);2*1-7H,16H2,(H,18,19). The second-order valence-electron chi connectivity index (χ2n) is 12.8. The number of hydrogen-bond donors (Lipinski definition) is 6. The first-order valence-corrected chi connectivity index (χ1v) is 17.8. The van der Waals surface area contributed by atoms with Crippen LogP contribution in [0.15, 0.2) is 142 Å². The number of nitrogens with zero attached hydrogens (tertiary/aromatic N) is 3. The number of halogens is 2. The summed E-state index contributed by atoms with van der Waals surface area (Å²) in [5, 5.41) is 0.513. The molecule has 0 unspecified atom stereocenters. The second-order valence-corrected chi connectivity index (χ2v) is 13.3. The molecule has 282 valence electrons. The summed E-state index contributed by atoms with van der Waals surface area (Å²) in [5.41, 5.74) is 25.5. The van der Waals surface area contributed by atoms with Gasteiger partial charge < -0.3 is 32.2 Å². The van der Waals surface area contributed by atoms with E-state index in [9.17, 15) is 18.8 Å². The number of H-pyrrole nitrogens is 3. The molecule has 0 saturated carbocycles. The molecule has 57 heavy (non-hydrogen) atoms. The fourth-order valence-electron chi connectivity index (χ4n) is 5.98. The molecule has 3 heterocycles. The highest BCUT2D eigenvalue weighted by molar-refractivity contribution is 6.31. The quantitative estimate of drug-likeness (QED) is 0.0972. The molecule has 14 heteroatoms. The number of aromatic amines is 3. The number of rotatable bonds is 3. The lowest BCUT2D eigenvalue weighted by atomic mass is 10.1. The van der Waals surface area contributed by atoms with Crippen LogP contribution in [0.1, 0.15) is 5.56 Å². The van der Waals surface area contributed by atoms with Crippen LogP contribution in [-0.2, 0) is 0 Å². The van der Waals surface area contributed by atoms with Crippen LogP contribution in [0.2, 0.25) is 5.02 Å². The van der Waals surface area contributed by atoms with Gasteiger partial charge in [0.25, 0.3) is 16.7 Å². The average Bonchev–Trinajstić information content (AvgIpc) is 3.20. The zero-order valence-corrected chi connectivity index (χ0v) is 30.9. The number of hydrogen-bond acceptors (Lipinski definition) is 9. The van der Waals surface area contributed by atoms with E-state index in [2.05, 4.69) is 29.9 Å². The summed E-state index contributed by atoms with van der Waals surface area (Å²) >= 11 is 5.94. The number of aromatic nitrogens is 6. The number of nitrogen functional groups attached to an aromatic ring is 3. The van der Waals surface area contributed by atoms with Gasteiger partial charge in [-0.05, 0) is 91.9 Å². The number of benzene rings is 6. The fourth-order valence-corrected chi connectivity index (χ4v) is 6.15. The molecule has 6 aromatic carbocycles. The third-order valence-electron chi connectivity index (χ3n) is 8.80. The van der Waals surface area contributed by atoms with Crippen LogP contribution in [0.3, 0.4) is 0 Å². The van der Waals surface area contributed by atoms with Crippen LogP contribution >= 0.6 is 11.6 Å². The first-order valence-electron chi connectivity index (χ1n) is 17.4. The molecular formula is C43H33ClFN9O3. The maximum absolute atomic E-state index is 13.3. The van der Waals surface area contributed by atoms with Crippen LogP contribution < -0.4 is 33.9 Å². The summed E-state index contributed by atoms with van der Waals surface area (Å²) < 4.78 is 13.3. The van der Waals surface area contributed by atoms with Gasteiger partial charge in [0.15, 0.2) is 0 Å². The SMILES string of the molecule is Cc1ccc(N)c(-c2nc3ccccc3[nH]c2=O)c1.Nc1ccc(Cl)cc1-c1nc2ccccc2[nH]c1=O.Nc1ccc(F)cc1-c1nc2ccccc2[nH]c1=O. The van der Waals surface area contributed by atoms with Gasteiger partial charge in [-0.1, -0.05) is 59.6 Å². The zero-order chi connectivity index (χ0) is 40.2. The minimum absolute atomic E-state index is 0.121. The van der Waals surface area contributed by atoms with Crippen molar-refractivity contribution >= 4 is 61.8 Å². The van der Waals surface area contributed by atoms with Gasteiger partial charge in [-0.15, -0.1) is 0 Å². The summed E-state index contributed by atoms with van der Waals surface area (Å²) in [4.78, 5) is 57.6. The van der Waals surface area contributed by atoms with Crippen LogP contribution in [0, 0.1) is 12.7 Å². The Morgan fingerprint density at radius 2 is 0.860 bits per heavy atom. The van der Waals surface area contributed by atoms with E-state index < -0.39 is 11.4 Å². The highest BCUT2D eigenvalue weighted by Crippen LogP contribution is 2.27. The molecule has 0 bridgehead atoms. The van der Waals surface area contributed by atoms with Crippen LogP contribution in [0.25, 0.3) is 66.9 Å². The Bertz CT molecular complexity index is 2810. The predicted molar refractivity (Wildman–Crippen MR) is 226 cm³/mol. The molecule has 0 fully saturated rings. The Morgan fingerprint density at radius 1 is 0.491 bits per heavy atom. The summed E-state index contributed by atoms with van der Waals surface area (Å²) in [6, 6.07) is 36.3. The van der Waals surface area contributed by atoms with E-state index in [1.54, 1.807) is 48.5 Å². The minimum atomic E-state index is -0.460. The van der Waals surface area contributed by atoms with Crippen LogP contribution in [0.4, 0.5) is 21.5 Å². The first-order chi connectivity index (χ1) is 27.4. The van der Waals surface area contributed by atoms with E-state index >= 15 is 0 Å². The van der Waals surface area contributed by atoms with Gasteiger partial charge in [-0.3, -0.25) is 14.4 Å². The molecule has 0 amide bonds. The molecule has 0 spiro atoms. The van der Waals surface area contributed by atoms with E-state index in [0.717, 1.165) is 16.6 Å². The average molecular weight is 778 g/mol. The largest absolute Gasteiger partial charge is 0.398 e. The van der Waals surface area contributed by atoms with Crippen molar-refractivity contribution in [3.63, 3.8) is 0 Å². The first kappa shape index (κ1) is 37.7. The molecule has 0 aliphatic rings. The maximum atomic E-state index is 13.3. The Hall–Kier alpha value is -7.64. The van der Waals surface area contributed by atoms with Crippen molar-refractivity contribution in [1.29, 1.82) is 0 Å². The smallest absolute Gasteiger partial charge is 0.275 e. The summed E-state index contributed by atoms with van der Waals surface area (Å²) in [6.07, 6.45) is 0. The molecule has 0 aliphatic carbocycles. The molecule has 0 saturated heterocycles. The Morgan fingerprint density at radius 3 is 1.32 bits per heavy atom. The molecule has 9 N–H and O–H groups in total. The summed E-state index contributed by atoms with van der Waals surface area (Å²) in [5.74, 6) is -0.460. The van der Waals surface area contributed by atoms with E-state index in [1.807, 2.05) is 67.6 Å². The van der Waals surface area contributed by atoms with Crippen molar-refractivity contribution in [2.24, 2.45) is 0 Å². The summed E-state index contributed by atoms with van der Waals surface area (Å²) in [6.45, 7) is 1.96. The molecular weight excluding hydrogens is 745 g/mol. The van der Waals surface area contributed by atoms with Crippen molar-refractivity contribution in [1.82, 2.24) is 29.9 Å². The van der Waals surface area contributed by atoms with E-state index in [1.165, 1.54) is 18.2 Å². The number of fused-ring (bicyclic) bond motifs is 3. The topological polar surface area (TPSA) is 215 Å². The summed E-state index contributed by atoms with van der Waals surface area (Å²) in [7, 11) is 0. The number of para-hydroxylation sites is 6. The molecule has 12 nitrogen and oxygen atoms in total. The third-order valence-corrected chi connectivity index (χ3v) is 9.04. The zero-order valence-electron chi connectivity index (χ0n) is 30.2. The Balaban J connectivity index is 0.000000131. The van der Waals surface area contributed by atoms with Crippen LogP contribution in [0.5, 0.6) is 0 Å². The van der Waals surface area contributed by atoms with Crippen molar-refractivity contribution in [3.05, 3.63) is 175 Å². The third kappa shape index (κ3) is 8.23. The lowest BCUT2D eigenvalue weighted by molar-refractivity contribution is 0.628. The predicted octanol–water partition coefficient (Wildman–Crippen LogP) is 7.62. The number of nitrogens with one attached hydrogen (secondary N) is 3. The molecule has 3 aromatic heterocycles. The Kier molecular flexibility index (Phi) is 10.6. The Labute approximate surface area is 327 Å². The number of anilines is 3. The van der Waals surface area contributed by atoms with Gasteiger partial charge in [0.2, 0.25) is 0 Å². The van der Waals surface area contributed by atoms with Crippen molar-refractivity contribution in [3.8, 4) is 33.8 Å². The molecule has 0 aliphatic heterocycles. The van der Waals surface area contributed by atoms with E-state index in [-0.39, 0.29) is 22.5 Å². The highest BCUT2D eigenvalue weighted by Gasteiger charge is 2.13. The molecule has 0 atom stereocenters. The highest BCUT2D eigenvalue weighted by atomic mass is 35.5. The maximum Gasteiger partial charge on any atom is 0.275 e. The molecule has 9 aromatic rings. The van der Waals surface area contributed by atoms with Gasteiger partial charge >= 0.3 is 0 Å². The second kappa shape index (κ2) is 16.0. The minimum Gasteiger partial charge on any atom is -0.398 e. The van der Waals surface area contributed by atoms with Gasteiger partial charge in [0, 0.05) is 38.8 Å². The number of nitrogens with two attached hydrogens (primary N) is 3. The van der Waals surface area contributed by atoms with Gasteiger partial charge in [0.05, 0.1) is 33.1 Å². The molecule has 9 rings (SSSR count).